The van der Waals surface area contributed by atoms with Gasteiger partial charge in [0.15, 0.2) is 5.43 Å². The molecule has 0 aliphatic carbocycles. The Labute approximate surface area is 73.2 Å². The molecular formula is C9H7NO3. The van der Waals surface area contributed by atoms with Crippen LogP contribution in [-0.4, -0.2) is 15.0 Å². The summed E-state index contributed by atoms with van der Waals surface area (Å²) >= 11 is 0. The zero-order valence-corrected chi connectivity index (χ0v) is 6.64. The van der Waals surface area contributed by atoms with Crippen molar-refractivity contribution in [1.82, 2.24) is 4.73 Å². The van der Waals surface area contributed by atoms with Crippen molar-refractivity contribution in [3.8, 4) is 5.88 Å². The smallest absolute Gasteiger partial charge is 0.229 e. The molecule has 0 saturated heterocycles. The molecule has 66 valence electrons. The van der Waals surface area contributed by atoms with Crippen LogP contribution in [-0.2, 0) is 0 Å². The van der Waals surface area contributed by atoms with Crippen LogP contribution < -0.4 is 5.43 Å². The number of fused-ring (bicyclic) bond motifs is 1. The topological polar surface area (TPSA) is 62.5 Å². The quantitative estimate of drug-likeness (QED) is 0.589. The van der Waals surface area contributed by atoms with Gasteiger partial charge in [0, 0.05) is 11.5 Å². The minimum Gasteiger partial charge on any atom is -0.492 e. The molecule has 0 aliphatic rings. The van der Waals surface area contributed by atoms with Gasteiger partial charge in [-0.05, 0) is 12.1 Å². The molecule has 0 radical (unpaired) electrons. The first kappa shape index (κ1) is 7.67. The molecule has 0 fully saturated rings. The third kappa shape index (κ3) is 1.03. The van der Waals surface area contributed by atoms with Gasteiger partial charge in [-0.2, -0.15) is 4.73 Å². The van der Waals surface area contributed by atoms with Crippen molar-refractivity contribution in [3.63, 3.8) is 0 Å². The average molecular weight is 177 g/mol. The van der Waals surface area contributed by atoms with Crippen LogP contribution in [0.4, 0.5) is 0 Å². The number of hydrogen-bond donors (Lipinski definition) is 2. The SMILES string of the molecule is O=c1cc(O)n(O)c2ccccc12. The number of aromatic hydroxyl groups is 1. The Hall–Kier alpha value is -1.97. The highest BCUT2D eigenvalue weighted by Crippen LogP contribution is 2.13. The minimum absolute atomic E-state index is 0.299. The molecule has 0 atom stereocenters. The van der Waals surface area contributed by atoms with Gasteiger partial charge in [-0.1, -0.05) is 12.1 Å². The van der Waals surface area contributed by atoms with Crippen LogP contribution in [0.15, 0.2) is 35.1 Å². The maximum absolute atomic E-state index is 11.3. The van der Waals surface area contributed by atoms with E-state index in [0.717, 1.165) is 6.07 Å². The van der Waals surface area contributed by atoms with Crippen molar-refractivity contribution in [3.05, 3.63) is 40.6 Å². The van der Waals surface area contributed by atoms with Gasteiger partial charge in [0.2, 0.25) is 5.88 Å². The molecule has 0 spiro atoms. The van der Waals surface area contributed by atoms with Crippen molar-refractivity contribution in [2.24, 2.45) is 0 Å². The lowest BCUT2D eigenvalue weighted by molar-refractivity contribution is 0.164. The third-order valence-corrected chi connectivity index (χ3v) is 1.87. The van der Waals surface area contributed by atoms with E-state index in [1.54, 1.807) is 24.3 Å². The van der Waals surface area contributed by atoms with E-state index in [2.05, 4.69) is 0 Å². The Morgan fingerprint density at radius 2 is 1.92 bits per heavy atom. The third-order valence-electron chi connectivity index (χ3n) is 1.87. The molecule has 0 saturated carbocycles. The number of aromatic nitrogens is 1. The maximum Gasteiger partial charge on any atom is 0.229 e. The first-order chi connectivity index (χ1) is 6.20. The predicted octanol–water partition coefficient (Wildman–Crippen LogP) is 0.944. The largest absolute Gasteiger partial charge is 0.492 e. The molecule has 2 rings (SSSR count). The molecule has 0 amide bonds. The summed E-state index contributed by atoms with van der Waals surface area (Å²) in [5, 5.41) is 18.8. The van der Waals surface area contributed by atoms with Crippen molar-refractivity contribution < 1.29 is 10.3 Å². The highest BCUT2D eigenvalue weighted by molar-refractivity contribution is 5.79. The van der Waals surface area contributed by atoms with E-state index in [0.29, 0.717) is 15.6 Å². The molecule has 0 unspecified atom stereocenters. The number of hydrogen-bond acceptors (Lipinski definition) is 3. The number of rotatable bonds is 0. The van der Waals surface area contributed by atoms with Crippen LogP contribution in [0.3, 0.4) is 0 Å². The van der Waals surface area contributed by atoms with Gasteiger partial charge in [-0.15, -0.1) is 0 Å². The van der Waals surface area contributed by atoms with Crippen molar-refractivity contribution in [1.29, 1.82) is 0 Å². The van der Waals surface area contributed by atoms with Gasteiger partial charge in [-0.25, -0.2) is 0 Å². The van der Waals surface area contributed by atoms with E-state index >= 15 is 0 Å². The van der Waals surface area contributed by atoms with Gasteiger partial charge in [0.25, 0.3) is 0 Å². The summed E-state index contributed by atoms with van der Waals surface area (Å²) in [5.74, 6) is -0.455. The first-order valence-electron chi connectivity index (χ1n) is 3.73. The Morgan fingerprint density at radius 3 is 2.69 bits per heavy atom. The molecule has 4 nitrogen and oxygen atoms in total. The second kappa shape index (κ2) is 2.52. The summed E-state index contributed by atoms with van der Waals surface area (Å²) in [6.07, 6.45) is 0. The lowest BCUT2D eigenvalue weighted by Gasteiger charge is -2.04. The van der Waals surface area contributed by atoms with Crippen LogP contribution in [0.25, 0.3) is 10.9 Å². The summed E-state index contributed by atoms with van der Waals surface area (Å²) in [6, 6.07) is 7.48. The molecule has 1 aromatic carbocycles. The molecule has 1 aromatic heterocycles. The van der Waals surface area contributed by atoms with E-state index in [9.17, 15) is 10.0 Å². The number of nitrogens with zero attached hydrogens (tertiary/aromatic N) is 1. The standard InChI is InChI=1S/C9H7NO3/c11-8-5-9(12)10(13)7-4-2-1-3-6(7)8/h1-5,12-13H. The van der Waals surface area contributed by atoms with Crippen LogP contribution in [0.1, 0.15) is 0 Å². The monoisotopic (exact) mass is 177 g/mol. The second-order valence-electron chi connectivity index (χ2n) is 2.70. The second-order valence-corrected chi connectivity index (χ2v) is 2.70. The van der Waals surface area contributed by atoms with E-state index in [-0.39, 0.29) is 5.43 Å². The van der Waals surface area contributed by atoms with Gasteiger partial charge < -0.3 is 10.3 Å². The van der Waals surface area contributed by atoms with Gasteiger partial charge in [-0.3, -0.25) is 4.79 Å². The zero-order valence-electron chi connectivity index (χ0n) is 6.64. The molecule has 13 heavy (non-hydrogen) atoms. The van der Waals surface area contributed by atoms with Crippen molar-refractivity contribution in [2.75, 3.05) is 0 Å². The summed E-state index contributed by atoms with van der Waals surface area (Å²) < 4.78 is 0.580. The van der Waals surface area contributed by atoms with Gasteiger partial charge in [0.1, 0.15) is 0 Å². The molecule has 0 bridgehead atoms. The molecular weight excluding hydrogens is 170 g/mol. The summed E-state index contributed by atoms with van der Waals surface area (Å²) in [4.78, 5) is 11.3. The van der Waals surface area contributed by atoms with E-state index in [1.165, 1.54) is 0 Å². The summed E-state index contributed by atoms with van der Waals surface area (Å²) in [6.45, 7) is 0. The fraction of sp³-hybridized carbons (Fsp3) is 0. The lowest BCUT2D eigenvalue weighted by atomic mass is 10.2. The lowest BCUT2D eigenvalue weighted by Crippen LogP contribution is -2.06. The zero-order chi connectivity index (χ0) is 9.42. The van der Waals surface area contributed by atoms with E-state index in [4.69, 9.17) is 5.11 Å². The first-order valence-corrected chi connectivity index (χ1v) is 3.73. The molecule has 4 heteroatoms. The average Bonchev–Trinajstić information content (AvgIpc) is 2.15. The fourth-order valence-electron chi connectivity index (χ4n) is 1.25. The number of para-hydroxylation sites is 1. The Kier molecular flexibility index (Phi) is 1.48. The van der Waals surface area contributed by atoms with Crippen LogP contribution in [0.2, 0.25) is 0 Å². The fourth-order valence-corrected chi connectivity index (χ4v) is 1.25. The molecule has 1 heterocycles. The minimum atomic E-state index is -0.455. The van der Waals surface area contributed by atoms with Crippen molar-refractivity contribution in [2.45, 2.75) is 0 Å². The highest BCUT2D eigenvalue weighted by Gasteiger charge is 2.05. The molecule has 2 aromatic rings. The van der Waals surface area contributed by atoms with E-state index < -0.39 is 5.88 Å². The summed E-state index contributed by atoms with van der Waals surface area (Å²) in [5.41, 5.74) is -0.00843. The number of benzene rings is 1. The maximum atomic E-state index is 11.3. The number of pyridine rings is 1. The molecule has 2 N–H and O–H groups in total. The highest BCUT2D eigenvalue weighted by atomic mass is 16.5. The summed E-state index contributed by atoms with van der Waals surface area (Å²) in [7, 11) is 0. The predicted molar refractivity (Wildman–Crippen MR) is 47.1 cm³/mol. The Bertz CT molecular complexity index is 516. The normalized spacial score (nSPS) is 10.5. The van der Waals surface area contributed by atoms with Crippen LogP contribution in [0.5, 0.6) is 5.88 Å². The van der Waals surface area contributed by atoms with Gasteiger partial charge >= 0.3 is 0 Å². The van der Waals surface area contributed by atoms with Crippen LogP contribution in [0, 0.1) is 0 Å². The van der Waals surface area contributed by atoms with Crippen molar-refractivity contribution >= 4 is 10.9 Å². The Balaban J connectivity index is 3.06. The Morgan fingerprint density at radius 1 is 1.23 bits per heavy atom. The van der Waals surface area contributed by atoms with Crippen LogP contribution >= 0.6 is 0 Å². The van der Waals surface area contributed by atoms with E-state index in [1.807, 2.05) is 0 Å². The molecule has 0 aliphatic heterocycles. The van der Waals surface area contributed by atoms with Gasteiger partial charge in [0.05, 0.1) is 5.52 Å².